The van der Waals surface area contributed by atoms with Crippen molar-refractivity contribution in [1.82, 2.24) is 14.7 Å². The molecule has 0 bridgehead atoms. The van der Waals surface area contributed by atoms with Gasteiger partial charge in [0.1, 0.15) is 0 Å². The molecule has 3 rings (SSSR count). The molecule has 22 heavy (non-hydrogen) atoms. The van der Waals surface area contributed by atoms with Gasteiger partial charge >= 0.3 is 0 Å². The molecule has 1 aromatic carbocycles. The second kappa shape index (κ2) is 6.23. The molecule has 2 aromatic rings. The monoisotopic (exact) mass is 299 g/mol. The van der Waals surface area contributed by atoms with E-state index in [0.717, 1.165) is 43.1 Å². The van der Waals surface area contributed by atoms with E-state index < -0.39 is 0 Å². The van der Waals surface area contributed by atoms with Gasteiger partial charge in [-0.3, -0.25) is 4.90 Å². The predicted molar refractivity (Wildman–Crippen MR) is 88.1 cm³/mol. The van der Waals surface area contributed by atoms with Gasteiger partial charge in [0.15, 0.2) is 0 Å². The molecule has 1 N–H and O–H groups in total. The first-order valence-corrected chi connectivity index (χ1v) is 8.06. The average Bonchev–Trinajstić information content (AvgIpc) is 3.06. The van der Waals surface area contributed by atoms with Crippen molar-refractivity contribution >= 4 is 0 Å². The van der Waals surface area contributed by atoms with Crippen molar-refractivity contribution in [2.24, 2.45) is 5.92 Å². The molecule has 0 amide bonds. The number of nitrogens with zero attached hydrogens (tertiary/aromatic N) is 3. The maximum Gasteiger partial charge on any atom is 0.0648 e. The summed E-state index contributed by atoms with van der Waals surface area (Å²) in [6.07, 6.45) is 0.903. The molecule has 1 fully saturated rings. The quantitative estimate of drug-likeness (QED) is 0.944. The van der Waals surface area contributed by atoms with Crippen molar-refractivity contribution in [3.8, 4) is 5.69 Å². The number of hydrogen-bond donors (Lipinski definition) is 1. The van der Waals surface area contributed by atoms with Crippen LogP contribution in [0.1, 0.15) is 30.3 Å². The highest BCUT2D eigenvalue weighted by Gasteiger charge is 2.25. The fraction of sp³-hybridized carbons (Fsp3) is 0.500. The molecule has 0 saturated carbocycles. The molecule has 1 aliphatic heterocycles. The fourth-order valence-electron chi connectivity index (χ4n) is 3.29. The van der Waals surface area contributed by atoms with E-state index in [2.05, 4.69) is 47.3 Å². The van der Waals surface area contributed by atoms with Crippen LogP contribution < -0.4 is 0 Å². The molecular weight excluding hydrogens is 274 g/mol. The SMILES string of the molecule is Cc1cc(C)n(-c2ccc(CN3CCC(C(C)O)C3)cc2)n1. The van der Waals surface area contributed by atoms with Crippen LogP contribution in [0.5, 0.6) is 0 Å². The second-order valence-corrected chi connectivity index (χ2v) is 6.53. The lowest BCUT2D eigenvalue weighted by molar-refractivity contribution is 0.127. The molecular formula is C18H25N3O. The molecule has 118 valence electrons. The summed E-state index contributed by atoms with van der Waals surface area (Å²) in [6.45, 7) is 9.03. The van der Waals surface area contributed by atoms with E-state index in [1.807, 2.05) is 18.5 Å². The highest BCUT2D eigenvalue weighted by molar-refractivity contribution is 5.36. The minimum absolute atomic E-state index is 0.196. The van der Waals surface area contributed by atoms with Gasteiger partial charge in [-0.15, -0.1) is 0 Å². The van der Waals surface area contributed by atoms with Gasteiger partial charge in [0.05, 0.1) is 17.5 Å². The molecule has 0 radical (unpaired) electrons. The number of hydrogen-bond acceptors (Lipinski definition) is 3. The zero-order valence-electron chi connectivity index (χ0n) is 13.7. The van der Waals surface area contributed by atoms with Crippen LogP contribution in [0.4, 0.5) is 0 Å². The van der Waals surface area contributed by atoms with E-state index in [0.29, 0.717) is 5.92 Å². The lowest BCUT2D eigenvalue weighted by atomic mass is 10.0. The van der Waals surface area contributed by atoms with Gasteiger partial charge in [0.25, 0.3) is 0 Å². The van der Waals surface area contributed by atoms with Gasteiger partial charge in [-0.2, -0.15) is 5.10 Å². The molecule has 1 saturated heterocycles. The number of likely N-dealkylation sites (tertiary alicyclic amines) is 1. The summed E-state index contributed by atoms with van der Waals surface area (Å²) >= 11 is 0. The van der Waals surface area contributed by atoms with Crippen molar-refractivity contribution < 1.29 is 5.11 Å². The minimum Gasteiger partial charge on any atom is -0.393 e. The average molecular weight is 299 g/mol. The number of benzene rings is 1. The van der Waals surface area contributed by atoms with Crippen LogP contribution in [-0.4, -0.2) is 39.0 Å². The van der Waals surface area contributed by atoms with Gasteiger partial charge in [-0.25, -0.2) is 4.68 Å². The third kappa shape index (κ3) is 3.23. The molecule has 1 aliphatic rings. The Morgan fingerprint density at radius 2 is 2.00 bits per heavy atom. The summed E-state index contributed by atoms with van der Waals surface area (Å²) in [4.78, 5) is 2.43. The summed E-state index contributed by atoms with van der Waals surface area (Å²) in [6, 6.07) is 10.7. The molecule has 1 aromatic heterocycles. The van der Waals surface area contributed by atoms with Crippen LogP contribution in [-0.2, 0) is 6.54 Å². The van der Waals surface area contributed by atoms with Crippen molar-refractivity contribution in [2.45, 2.75) is 39.8 Å². The number of aromatic nitrogens is 2. The summed E-state index contributed by atoms with van der Waals surface area (Å²) in [5.74, 6) is 0.425. The predicted octanol–water partition coefficient (Wildman–Crippen LogP) is 2.69. The fourth-order valence-corrected chi connectivity index (χ4v) is 3.29. The highest BCUT2D eigenvalue weighted by atomic mass is 16.3. The number of aliphatic hydroxyl groups is 1. The van der Waals surface area contributed by atoms with E-state index in [-0.39, 0.29) is 6.10 Å². The van der Waals surface area contributed by atoms with Crippen LogP contribution in [0.3, 0.4) is 0 Å². The molecule has 2 heterocycles. The Morgan fingerprint density at radius 3 is 2.55 bits per heavy atom. The van der Waals surface area contributed by atoms with Crippen molar-refractivity contribution in [1.29, 1.82) is 0 Å². The molecule has 0 spiro atoms. The first kappa shape index (κ1) is 15.3. The van der Waals surface area contributed by atoms with E-state index >= 15 is 0 Å². The smallest absolute Gasteiger partial charge is 0.0648 e. The zero-order valence-corrected chi connectivity index (χ0v) is 13.7. The maximum absolute atomic E-state index is 9.69. The lowest BCUT2D eigenvalue weighted by Crippen LogP contribution is -2.23. The van der Waals surface area contributed by atoms with Crippen LogP contribution in [0.25, 0.3) is 5.69 Å². The summed E-state index contributed by atoms with van der Waals surface area (Å²) < 4.78 is 1.98. The molecule has 4 heteroatoms. The van der Waals surface area contributed by atoms with E-state index in [1.54, 1.807) is 0 Å². The third-order valence-corrected chi connectivity index (χ3v) is 4.59. The molecule has 0 aliphatic carbocycles. The standard InChI is InChI=1S/C18H25N3O/c1-13-10-14(2)21(19-13)18-6-4-16(5-7-18)11-20-9-8-17(12-20)15(3)22/h4-7,10,15,17,22H,8-9,11-12H2,1-3H3. The third-order valence-electron chi connectivity index (χ3n) is 4.59. The van der Waals surface area contributed by atoms with E-state index in [9.17, 15) is 5.11 Å². The first-order chi connectivity index (χ1) is 10.5. The van der Waals surface area contributed by atoms with Gasteiger partial charge in [-0.05, 0) is 63.4 Å². The summed E-state index contributed by atoms with van der Waals surface area (Å²) in [5, 5.41) is 14.2. The Balaban J connectivity index is 1.66. The van der Waals surface area contributed by atoms with Crippen LogP contribution in [0, 0.1) is 19.8 Å². The van der Waals surface area contributed by atoms with Crippen molar-refractivity contribution in [2.75, 3.05) is 13.1 Å². The lowest BCUT2D eigenvalue weighted by Gasteiger charge is -2.17. The minimum atomic E-state index is -0.196. The van der Waals surface area contributed by atoms with E-state index in [1.165, 1.54) is 5.56 Å². The first-order valence-electron chi connectivity index (χ1n) is 8.06. The largest absolute Gasteiger partial charge is 0.393 e. The Hall–Kier alpha value is -1.65. The second-order valence-electron chi connectivity index (χ2n) is 6.53. The number of aliphatic hydroxyl groups excluding tert-OH is 1. The Labute approximate surface area is 132 Å². The van der Waals surface area contributed by atoms with Crippen molar-refractivity contribution in [3.63, 3.8) is 0 Å². The van der Waals surface area contributed by atoms with E-state index in [4.69, 9.17) is 0 Å². The highest BCUT2D eigenvalue weighted by Crippen LogP contribution is 2.22. The summed E-state index contributed by atoms with van der Waals surface area (Å²) in [7, 11) is 0. The normalized spacial score (nSPS) is 20.5. The van der Waals surface area contributed by atoms with Crippen LogP contribution >= 0.6 is 0 Å². The van der Waals surface area contributed by atoms with Crippen LogP contribution in [0.2, 0.25) is 0 Å². The zero-order chi connectivity index (χ0) is 15.7. The van der Waals surface area contributed by atoms with Crippen LogP contribution in [0.15, 0.2) is 30.3 Å². The summed E-state index contributed by atoms with van der Waals surface area (Å²) in [5.41, 5.74) is 4.63. The van der Waals surface area contributed by atoms with Crippen molar-refractivity contribution in [3.05, 3.63) is 47.3 Å². The van der Waals surface area contributed by atoms with Gasteiger partial charge < -0.3 is 5.11 Å². The maximum atomic E-state index is 9.69. The number of rotatable bonds is 4. The Kier molecular flexibility index (Phi) is 4.32. The molecule has 2 unspecified atom stereocenters. The van der Waals surface area contributed by atoms with Gasteiger partial charge in [0.2, 0.25) is 0 Å². The molecule has 2 atom stereocenters. The topological polar surface area (TPSA) is 41.3 Å². The van der Waals surface area contributed by atoms with Gasteiger partial charge in [0, 0.05) is 18.8 Å². The molecule has 4 nitrogen and oxygen atoms in total. The Bertz CT molecular complexity index is 630. The Morgan fingerprint density at radius 1 is 1.27 bits per heavy atom. The number of aryl methyl sites for hydroxylation is 2. The van der Waals surface area contributed by atoms with Gasteiger partial charge in [-0.1, -0.05) is 12.1 Å².